The summed E-state index contributed by atoms with van der Waals surface area (Å²) in [5.74, 6) is 0.669. The van der Waals surface area contributed by atoms with Gasteiger partial charge in [0.2, 0.25) is 0 Å². The van der Waals surface area contributed by atoms with Crippen molar-refractivity contribution in [1.29, 1.82) is 0 Å². The van der Waals surface area contributed by atoms with E-state index in [0.717, 1.165) is 16.7 Å². The Kier molecular flexibility index (Phi) is 6.54. The Morgan fingerprint density at radius 2 is 1.79 bits per heavy atom. The van der Waals surface area contributed by atoms with E-state index in [2.05, 4.69) is 0 Å². The number of rotatable bonds is 6. The maximum Gasteiger partial charge on any atom is 0.293 e. The summed E-state index contributed by atoms with van der Waals surface area (Å²) in [4.78, 5) is 26.7. The van der Waals surface area contributed by atoms with Gasteiger partial charge >= 0.3 is 0 Å². The highest BCUT2D eigenvalue weighted by molar-refractivity contribution is 8.18. The van der Waals surface area contributed by atoms with Gasteiger partial charge < -0.3 is 9.47 Å². The smallest absolute Gasteiger partial charge is 0.293 e. The Morgan fingerprint density at radius 3 is 2.43 bits per heavy atom. The van der Waals surface area contributed by atoms with Crippen molar-refractivity contribution in [2.24, 2.45) is 0 Å². The first-order valence-electron chi connectivity index (χ1n) is 8.44. The number of carbonyl (C=O) groups is 2. The highest BCUT2D eigenvalue weighted by Crippen LogP contribution is 2.38. The second-order valence-corrected chi connectivity index (χ2v) is 7.59. The summed E-state index contributed by atoms with van der Waals surface area (Å²) in [5.41, 5.74) is 1.19. The molecular formula is C20H17Cl2NO4S. The van der Waals surface area contributed by atoms with Gasteiger partial charge in [0.25, 0.3) is 11.1 Å². The molecule has 1 heterocycles. The van der Waals surface area contributed by atoms with Crippen molar-refractivity contribution >= 4 is 52.2 Å². The number of benzene rings is 2. The van der Waals surface area contributed by atoms with E-state index in [-0.39, 0.29) is 11.8 Å². The molecule has 8 heteroatoms. The fraction of sp³-hybridized carbons (Fsp3) is 0.200. The van der Waals surface area contributed by atoms with Gasteiger partial charge in [-0.25, -0.2) is 0 Å². The predicted octanol–water partition coefficient (Wildman–Crippen LogP) is 5.64. The minimum Gasteiger partial charge on any atom is -0.493 e. The van der Waals surface area contributed by atoms with Crippen LogP contribution in [0.5, 0.6) is 11.5 Å². The molecule has 28 heavy (non-hydrogen) atoms. The highest BCUT2D eigenvalue weighted by Gasteiger charge is 2.36. The zero-order valence-electron chi connectivity index (χ0n) is 15.2. The summed E-state index contributed by atoms with van der Waals surface area (Å²) >= 11 is 13.2. The van der Waals surface area contributed by atoms with Crippen LogP contribution in [-0.4, -0.2) is 29.8 Å². The van der Waals surface area contributed by atoms with E-state index in [1.807, 2.05) is 6.92 Å². The van der Waals surface area contributed by atoms with Crippen molar-refractivity contribution in [1.82, 2.24) is 4.90 Å². The molecule has 0 bridgehead atoms. The van der Waals surface area contributed by atoms with Gasteiger partial charge in [-0.3, -0.25) is 14.5 Å². The number of thioether (sulfide) groups is 1. The zero-order valence-corrected chi connectivity index (χ0v) is 17.5. The molecule has 1 fully saturated rings. The van der Waals surface area contributed by atoms with Gasteiger partial charge in [0.1, 0.15) is 0 Å². The molecule has 0 aromatic heterocycles. The number of nitrogens with zero attached hydrogens (tertiary/aromatic N) is 1. The molecule has 146 valence electrons. The van der Waals surface area contributed by atoms with E-state index in [1.54, 1.807) is 49.6 Å². The quantitative estimate of drug-likeness (QED) is 0.547. The molecule has 5 nitrogen and oxygen atoms in total. The van der Waals surface area contributed by atoms with E-state index in [1.165, 1.54) is 0 Å². The normalized spacial score (nSPS) is 15.4. The summed E-state index contributed by atoms with van der Waals surface area (Å²) < 4.78 is 11.0. The van der Waals surface area contributed by atoms with Crippen molar-refractivity contribution in [3.63, 3.8) is 0 Å². The summed E-state index contributed by atoms with van der Waals surface area (Å²) in [6.07, 6.45) is 1.63. The molecule has 0 spiro atoms. The third-order valence-corrected chi connectivity index (χ3v) is 5.67. The minimum absolute atomic E-state index is 0.0109. The first kappa shape index (κ1) is 20.6. The summed E-state index contributed by atoms with van der Waals surface area (Å²) in [7, 11) is 1.54. The Labute approximate surface area is 177 Å². The molecule has 0 N–H and O–H groups in total. The Bertz CT molecular complexity index is 941. The van der Waals surface area contributed by atoms with Crippen molar-refractivity contribution < 1.29 is 19.1 Å². The molecule has 1 saturated heterocycles. The number of hydrogen-bond acceptors (Lipinski definition) is 5. The summed E-state index contributed by atoms with van der Waals surface area (Å²) in [5, 5.41) is 0.428. The predicted molar refractivity (Wildman–Crippen MR) is 112 cm³/mol. The Balaban J connectivity index is 1.92. The summed E-state index contributed by atoms with van der Waals surface area (Å²) in [6, 6.07) is 10.4. The van der Waals surface area contributed by atoms with Gasteiger partial charge in [0, 0.05) is 21.2 Å². The monoisotopic (exact) mass is 437 g/mol. The maximum atomic E-state index is 12.8. The van der Waals surface area contributed by atoms with E-state index in [4.69, 9.17) is 32.7 Å². The lowest BCUT2D eigenvalue weighted by Gasteiger charge is -2.15. The first-order valence-corrected chi connectivity index (χ1v) is 10.0. The molecule has 0 saturated carbocycles. The van der Waals surface area contributed by atoms with Gasteiger partial charge in [-0.1, -0.05) is 41.4 Å². The number of amides is 2. The topological polar surface area (TPSA) is 55.8 Å². The number of hydrogen-bond donors (Lipinski definition) is 0. The zero-order chi connectivity index (χ0) is 20.3. The molecule has 3 rings (SSSR count). The second-order valence-electron chi connectivity index (χ2n) is 5.78. The third-order valence-electron chi connectivity index (χ3n) is 4.06. The van der Waals surface area contributed by atoms with Crippen LogP contribution in [0.15, 0.2) is 41.3 Å². The van der Waals surface area contributed by atoms with Crippen molar-refractivity contribution in [3.05, 3.63) is 62.5 Å². The first-order chi connectivity index (χ1) is 13.5. The van der Waals surface area contributed by atoms with Crippen LogP contribution < -0.4 is 9.47 Å². The SMILES string of the molecule is CCOc1c(/C=C2\SC(=O)N(Cc3c(Cl)cccc3Cl)C2=O)cccc1OC. The van der Waals surface area contributed by atoms with E-state index < -0.39 is 5.91 Å². The molecule has 0 radical (unpaired) electrons. The van der Waals surface area contributed by atoms with Crippen LogP contribution in [0.4, 0.5) is 4.79 Å². The second kappa shape index (κ2) is 8.90. The van der Waals surface area contributed by atoms with E-state index in [9.17, 15) is 9.59 Å². The van der Waals surface area contributed by atoms with Crippen LogP contribution in [0.25, 0.3) is 6.08 Å². The van der Waals surface area contributed by atoms with Crippen LogP contribution in [0.2, 0.25) is 10.0 Å². The lowest BCUT2D eigenvalue weighted by molar-refractivity contribution is -0.123. The van der Waals surface area contributed by atoms with Gasteiger partial charge in [-0.2, -0.15) is 0 Å². The van der Waals surface area contributed by atoms with E-state index >= 15 is 0 Å². The molecule has 0 atom stereocenters. The van der Waals surface area contributed by atoms with Crippen LogP contribution >= 0.6 is 35.0 Å². The van der Waals surface area contributed by atoms with Crippen LogP contribution in [0.3, 0.4) is 0 Å². The van der Waals surface area contributed by atoms with Gasteiger partial charge in [0.05, 0.1) is 25.2 Å². The molecular weight excluding hydrogens is 421 g/mol. The minimum atomic E-state index is -0.406. The van der Waals surface area contributed by atoms with Crippen molar-refractivity contribution in [2.75, 3.05) is 13.7 Å². The lowest BCUT2D eigenvalue weighted by atomic mass is 10.1. The lowest BCUT2D eigenvalue weighted by Crippen LogP contribution is -2.27. The van der Waals surface area contributed by atoms with E-state index in [0.29, 0.717) is 44.2 Å². The van der Waals surface area contributed by atoms with Crippen molar-refractivity contribution in [2.45, 2.75) is 13.5 Å². The maximum absolute atomic E-state index is 12.8. The Hall–Kier alpha value is -2.15. The van der Waals surface area contributed by atoms with Crippen molar-refractivity contribution in [3.8, 4) is 11.5 Å². The molecule has 0 unspecified atom stereocenters. The number of ether oxygens (including phenoxy) is 2. The van der Waals surface area contributed by atoms with Crippen LogP contribution in [0.1, 0.15) is 18.1 Å². The number of carbonyl (C=O) groups excluding carboxylic acids is 2. The average Bonchev–Trinajstić information content (AvgIpc) is 2.93. The number of imide groups is 1. The Morgan fingerprint density at radius 1 is 1.11 bits per heavy atom. The molecule has 2 aromatic carbocycles. The number of halogens is 2. The van der Waals surface area contributed by atoms with Gasteiger partial charge in [0.15, 0.2) is 11.5 Å². The fourth-order valence-corrected chi connectivity index (χ4v) is 4.07. The van der Waals surface area contributed by atoms with Gasteiger partial charge in [-0.15, -0.1) is 0 Å². The van der Waals surface area contributed by atoms with Crippen LogP contribution in [0, 0.1) is 0 Å². The average molecular weight is 438 g/mol. The molecule has 1 aliphatic rings. The van der Waals surface area contributed by atoms with Gasteiger partial charge in [-0.05, 0) is 43.0 Å². The third kappa shape index (κ3) is 4.14. The van der Waals surface area contributed by atoms with Crippen LogP contribution in [-0.2, 0) is 11.3 Å². The molecule has 2 aromatic rings. The largest absolute Gasteiger partial charge is 0.493 e. The fourth-order valence-electron chi connectivity index (χ4n) is 2.73. The standard InChI is InChI=1S/C20H17Cl2NO4S/c1-3-27-18-12(6-4-9-16(18)26-2)10-17-19(24)23(20(25)28-17)11-13-14(21)7-5-8-15(13)22/h4-10H,3,11H2,1-2H3/b17-10-. The number of methoxy groups -OCH3 is 1. The molecule has 2 amide bonds. The molecule has 1 aliphatic heterocycles. The number of para-hydroxylation sites is 1. The molecule has 0 aliphatic carbocycles. The summed E-state index contributed by atoms with van der Waals surface area (Å²) in [6.45, 7) is 2.31. The highest BCUT2D eigenvalue weighted by atomic mass is 35.5.